The van der Waals surface area contributed by atoms with Crippen molar-refractivity contribution in [1.29, 1.82) is 0 Å². The fourth-order valence-corrected chi connectivity index (χ4v) is 1.09. The topological polar surface area (TPSA) is 24.8 Å². The third kappa shape index (κ3) is 1.85. The minimum atomic E-state index is 0.162. The molecular weight excluding hydrogens is 140 g/mol. The summed E-state index contributed by atoms with van der Waals surface area (Å²) >= 11 is 0. The Kier molecular flexibility index (Phi) is 2.37. The summed E-state index contributed by atoms with van der Waals surface area (Å²) in [4.78, 5) is 7.27. The molecular formula is C8H16N2O. The molecule has 1 atom stereocenters. The van der Waals surface area contributed by atoms with Crippen molar-refractivity contribution in [2.24, 2.45) is 11.1 Å². The maximum atomic E-state index is 5.20. The van der Waals surface area contributed by atoms with Crippen LogP contribution in [0, 0.1) is 5.92 Å². The molecule has 1 rings (SSSR count). The maximum Gasteiger partial charge on any atom is 0.201 e. The van der Waals surface area contributed by atoms with Gasteiger partial charge in [-0.05, 0) is 12.8 Å². The van der Waals surface area contributed by atoms with Crippen LogP contribution in [0.1, 0.15) is 27.2 Å². The van der Waals surface area contributed by atoms with Gasteiger partial charge in [0.05, 0.1) is 0 Å². The van der Waals surface area contributed by atoms with Crippen LogP contribution >= 0.6 is 0 Å². The highest BCUT2D eigenvalue weighted by atomic mass is 16.7. The zero-order chi connectivity index (χ0) is 8.43. The number of amidine groups is 1. The third-order valence-electron chi connectivity index (χ3n) is 1.92. The van der Waals surface area contributed by atoms with Gasteiger partial charge in [0.25, 0.3) is 0 Å². The van der Waals surface area contributed by atoms with Crippen molar-refractivity contribution in [1.82, 2.24) is 4.90 Å². The summed E-state index contributed by atoms with van der Waals surface area (Å²) in [5, 5.41) is 3.89. The smallest absolute Gasteiger partial charge is 0.201 e. The molecule has 3 heteroatoms. The van der Waals surface area contributed by atoms with Crippen LogP contribution in [0.15, 0.2) is 5.16 Å². The number of rotatable bonds is 2. The molecule has 1 unspecified atom stereocenters. The molecule has 0 aromatic rings. The van der Waals surface area contributed by atoms with Gasteiger partial charge in [0.2, 0.25) is 6.23 Å². The van der Waals surface area contributed by atoms with Crippen LogP contribution in [0.4, 0.5) is 0 Å². The van der Waals surface area contributed by atoms with Gasteiger partial charge in [0.1, 0.15) is 5.84 Å². The lowest BCUT2D eigenvalue weighted by Crippen LogP contribution is -2.31. The highest BCUT2D eigenvalue weighted by molar-refractivity contribution is 5.79. The Morgan fingerprint density at radius 2 is 2.27 bits per heavy atom. The van der Waals surface area contributed by atoms with E-state index >= 15 is 0 Å². The second kappa shape index (κ2) is 3.11. The van der Waals surface area contributed by atoms with Gasteiger partial charge in [-0.2, -0.15) is 0 Å². The largest absolute Gasteiger partial charge is 0.369 e. The third-order valence-corrected chi connectivity index (χ3v) is 1.92. The van der Waals surface area contributed by atoms with Crippen molar-refractivity contribution in [2.75, 3.05) is 7.05 Å². The molecule has 0 aromatic heterocycles. The van der Waals surface area contributed by atoms with E-state index in [-0.39, 0.29) is 6.23 Å². The van der Waals surface area contributed by atoms with Gasteiger partial charge < -0.3 is 9.74 Å². The summed E-state index contributed by atoms with van der Waals surface area (Å²) in [6, 6.07) is 0. The molecule has 0 saturated carbocycles. The fraction of sp³-hybridized carbons (Fsp3) is 0.875. The fourth-order valence-electron chi connectivity index (χ4n) is 1.09. The first kappa shape index (κ1) is 8.37. The second-order valence-corrected chi connectivity index (χ2v) is 3.44. The Labute approximate surface area is 68.0 Å². The molecule has 3 nitrogen and oxygen atoms in total. The van der Waals surface area contributed by atoms with Crippen molar-refractivity contribution in [3.8, 4) is 0 Å². The molecule has 0 amide bonds. The van der Waals surface area contributed by atoms with Crippen molar-refractivity contribution in [2.45, 2.75) is 33.4 Å². The van der Waals surface area contributed by atoms with Gasteiger partial charge >= 0.3 is 0 Å². The molecule has 1 heterocycles. The summed E-state index contributed by atoms with van der Waals surface area (Å²) in [6.45, 7) is 6.33. The van der Waals surface area contributed by atoms with Gasteiger partial charge in [0, 0.05) is 13.5 Å². The average Bonchev–Trinajstić information content (AvgIpc) is 2.18. The second-order valence-electron chi connectivity index (χ2n) is 3.44. The van der Waals surface area contributed by atoms with E-state index in [0.717, 1.165) is 12.3 Å². The number of nitrogens with zero attached hydrogens (tertiary/aromatic N) is 2. The predicted molar refractivity (Wildman–Crippen MR) is 45.2 cm³/mol. The van der Waals surface area contributed by atoms with Crippen molar-refractivity contribution in [3.63, 3.8) is 0 Å². The summed E-state index contributed by atoms with van der Waals surface area (Å²) < 4.78 is 0. The van der Waals surface area contributed by atoms with Crippen LogP contribution in [0.3, 0.4) is 0 Å². The number of hydrogen-bond donors (Lipinski definition) is 0. The first-order valence-electron chi connectivity index (χ1n) is 4.04. The van der Waals surface area contributed by atoms with Crippen LogP contribution in [0.5, 0.6) is 0 Å². The Morgan fingerprint density at radius 1 is 1.64 bits per heavy atom. The van der Waals surface area contributed by atoms with Crippen LogP contribution in [0.2, 0.25) is 0 Å². The monoisotopic (exact) mass is 156 g/mol. The molecule has 0 bridgehead atoms. The zero-order valence-electron chi connectivity index (χ0n) is 7.66. The van der Waals surface area contributed by atoms with Crippen molar-refractivity contribution < 1.29 is 4.84 Å². The predicted octanol–water partition coefficient (Wildman–Crippen LogP) is 1.65. The lowest BCUT2D eigenvalue weighted by molar-refractivity contribution is 0.00588. The van der Waals surface area contributed by atoms with Gasteiger partial charge in [0.15, 0.2) is 0 Å². The molecule has 1 aliphatic rings. The van der Waals surface area contributed by atoms with Gasteiger partial charge in [-0.25, -0.2) is 0 Å². The van der Waals surface area contributed by atoms with E-state index in [9.17, 15) is 0 Å². The van der Waals surface area contributed by atoms with Gasteiger partial charge in [-0.15, -0.1) is 0 Å². The Hall–Kier alpha value is -0.730. The van der Waals surface area contributed by atoms with E-state index < -0.39 is 0 Å². The van der Waals surface area contributed by atoms with E-state index in [4.69, 9.17) is 4.84 Å². The molecule has 11 heavy (non-hydrogen) atoms. The SMILES string of the molecule is CC1=NOC(CC(C)C)N1C. The standard InChI is InChI=1S/C8H16N2O/c1-6(2)5-8-10(4)7(3)9-11-8/h6,8H,5H2,1-4H3. The first-order valence-corrected chi connectivity index (χ1v) is 4.04. The maximum absolute atomic E-state index is 5.20. The minimum Gasteiger partial charge on any atom is -0.369 e. The average molecular weight is 156 g/mol. The highest BCUT2D eigenvalue weighted by Crippen LogP contribution is 2.16. The van der Waals surface area contributed by atoms with E-state index in [1.165, 1.54) is 0 Å². The molecule has 0 aliphatic carbocycles. The quantitative estimate of drug-likeness (QED) is 0.607. The lowest BCUT2D eigenvalue weighted by atomic mass is 10.1. The van der Waals surface area contributed by atoms with E-state index in [2.05, 4.69) is 23.9 Å². The first-order chi connectivity index (χ1) is 5.11. The molecule has 0 fully saturated rings. The number of hydrogen-bond acceptors (Lipinski definition) is 3. The molecule has 0 radical (unpaired) electrons. The summed E-state index contributed by atoms with van der Waals surface area (Å²) in [5.41, 5.74) is 0. The molecule has 0 N–H and O–H groups in total. The summed E-state index contributed by atoms with van der Waals surface area (Å²) in [6.07, 6.45) is 1.20. The van der Waals surface area contributed by atoms with Crippen molar-refractivity contribution >= 4 is 5.84 Å². The van der Waals surface area contributed by atoms with E-state index in [1.807, 2.05) is 14.0 Å². The van der Waals surface area contributed by atoms with Crippen LogP contribution in [-0.4, -0.2) is 24.0 Å². The van der Waals surface area contributed by atoms with E-state index in [1.54, 1.807) is 0 Å². The lowest BCUT2D eigenvalue weighted by Gasteiger charge is -2.20. The van der Waals surface area contributed by atoms with Crippen LogP contribution in [-0.2, 0) is 4.84 Å². The highest BCUT2D eigenvalue weighted by Gasteiger charge is 2.23. The molecule has 0 saturated heterocycles. The zero-order valence-corrected chi connectivity index (χ0v) is 7.66. The Bertz CT molecular complexity index is 165. The van der Waals surface area contributed by atoms with Crippen LogP contribution < -0.4 is 0 Å². The summed E-state index contributed by atoms with van der Waals surface area (Å²) in [7, 11) is 2.01. The molecule has 1 aliphatic heterocycles. The van der Waals surface area contributed by atoms with Gasteiger partial charge in [-0.3, -0.25) is 0 Å². The molecule has 0 spiro atoms. The van der Waals surface area contributed by atoms with Crippen molar-refractivity contribution in [3.05, 3.63) is 0 Å². The van der Waals surface area contributed by atoms with E-state index in [0.29, 0.717) is 5.92 Å². The van der Waals surface area contributed by atoms with Crippen LogP contribution in [0.25, 0.3) is 0 Å². The van der Waals surface area contributed by atoms with Gasteiger partial charge in [-0.1, -0.05) is 19.0 Å². The molecule has 64 valence electrons. The normalized spacial score (nSPS) is 23.9. The summed E-state index contributed by atoms with van der Waals surface area (Å²) in [5.74, 6) is 1.62. The number of oxime groups is 1. The minimum absolute atomic E-state index is 0.162. The Balaban J connectivity index is 2.41. The molecule has 0 aromatic carbocycles. The Morgan fingerprint density at radius 3 is 2.64 bits per heavy atom.